The minimum absolute atomic E-state index is 0.0455. The predicted molar refractivity (Wildman–Crippen MR) is 136 cm³/mol. The van der Waals surface area contributed by atoms with Crippen LogP contribution in [-0.2, 0) is 11.2 Å². The van der Waals surface area contributed by atoms with Crippen molar-refractivity contribution in [2.75, 3.05) is 19.8 Å². The molecule has 5 rings (SSSR count). The first kappa shape index (κ1) is 26.9. The van der Waals surface area contributed by atoms with Crippen molar-refractivity contribution in [3.8, 4) is 11.5 Å². The van der Waals surface area contributed by atoms with Crippen LogP contribution in [0.4, 0.5) is 0 Å². The summed E-state index contributed by atoms with van der Waals surface area (Å²) in [6.07, 6.45) is -7.62. The van der Waals surface area contributed by atoms with Crippen LogP contribution in [0.1, 0.15) is 43.0 Å². The van der Waals surface area contributed by atoms with Gasteiger partial charge in [-0.25, -0.2) is 0 Å². The van der Waals surface area contributed by atoms with Gasteiger partial charge in [0, 0.05) is 28.7 Å². The van der Waals surface area contributed by atoms with Crippen LogP contribution >= 0.6 is 0 Å². The average Bonchev–Trinajstić information content (AvgIpc) is 2.96. The van der Waals surface area contributed by atoms with Crippen LogP contribution in [0.25, 0.3) is 0 Å². The zero-order chi connectivity index (χ0) is 27.7. The number of benzene rings is 3. The summed E-state index contributed by atoms with van der Waals surface area (Å²) in [6, 6.07) is 17.2. The fourth-order valence-corrected chi connectivity index (χ4v) is 4.90. The van der Waals surface area contributed by atoms with Gasteiger partial charge < -0.3 is 39.7 Å². The van der Waals surface area contributed by atoms with Crippen molar-refractivity contribution in [1.82, 2.24) is 0 Å². The minimum Gasteiger partial charge on any atom is -0.486 e. The maximum absolute atomic E-state index is 13.7. The number of carbonyl (C=O) groups is 2. The number of ketones is 2. The molecule has 1 heterocycles. The Bertz CT molecular complexity index is 1370. The first-order valence-corrected chi connectivity index (χ1v) is 12.5. The predicted octanol–water partition coefficient (Wildman–Crippen LogP) is 0.603. The third-order valence-corrected chi connectivity index (χ3v) is 6.86. The zero-order valence-corrected chi connectivity index (χ0v) is 20.8. The Labute approximate surface area is 223 Å². The van der Waals surface area contributed by atoms with Crippen molar-refractivity contribution in [1.29, 1.82) is 0 Å². The van der Waals surface area contributed by atoms with Crippen molar-refractivity contribution in [2.24, 2.45) is 0 Å². The van der Waals surface area contributed by atoms with Crippen LogP contribution in [0, 0.1) is 0 Å². The van der Waals surface area contributed by atoms with E-state index in [1.807, 2.05) is 30.3 Å². The second kappa shape index (κ2) is 11.2. The molecule has 1 aliphatic heterocycles. The Morgan fingerprint density at radius 1 is 0.769 bits per heavy atom. The van der Waals surface area contributed by atoms with Crippen molar-refractivity contribution in [3.05, 3.63) is 94.0 Å². The number of hydrogen-bond donors (Lipinski definition) is 5. The van der Waals surface area contributed by atoms with E-state index in [9.17, 15) is 35.1 Å². The lowest BCUT2D eigenvalue weighted by molar-refractivity contribution is -0.277. The molecule has 3 aromatic carbocycles. The second-order valence-corrected chi connectivity index (χ2v) is 9.37. The second-order valence-electron chi connectivity index (χ2n) is 9.37. The summed E-state index contributed by atoms with van der Waals surface area (Å²) in [7, 11) is 0. The van der Waals surface area contributed by atoms with Crippen molar-refractivity contribution in [3.63, 3.8) is 0 Å². The number of aliphatic hydroxyl groups excluding tert-OH is 5. The summed E-state index contributed by atoms with van der Waals surface area (Å²) < 4.78 is 17.4. The molecule has 0 spiro atoms. The molecule has 0 saturated carbocycles. The Balaban J connectivity index is 1.69. The van der Waals surface area contributed by atoms with Crippen LogP contribution in [0.5, 0.6) is 11.5 Å². The smallest absolute Gasteiger partial charge is 0.229 e. The minimum atomic E-state index is -1.73. The fraction of sp³-hybridized carbons (Fsp3) is 0.310. The molecule has 1 fully saturated rings. The third kappa shape index (κ3) is 4.94. The summed E-state index contributed by atoms with van der Waals surface area (Å²) in [5.74, 6) is -1.05. The molecule has 1 saturated heterocycles. The zero-order valence-electron chi connectivity index (χ0n) is 20.8. The van der Waals surface area contributed by atoms with Gasteiger partial charge in [-0.2, -0.15) is 0 Å². The summed E-state index contributed by atoms with van der Waals surface area (Å²) in [5, 5.41) is 50.3. The first-order chi connectivity index (χ1) is 18.8. The molecule has 0 aromatic heterocycles. The number of ether oxygens (including phenoxy) is 3. The molecule has 5 atom stereocenters. The topological polar surface area (TPSA) is 163 Å². The molecule has 0 radical (unpaired) electrons. The molecule has 5 N–H and O–H groups in total. The molecule has 10 nitrogen and oxygen atoms in total. The van der Waals surface area contributed by atoms with Gasteiger partial charge in [0.2, 0.25) is 6.29 Å². The van der Waals surface area contributed by atoms with Gasteiger partial charge in [0.25, 0.3) is 0 Å². The van der Waals surface area contributed by atoms with Crippen molar-refractivity contribution in [2.45, 2.75) is 37.1 Å². The lowest BCUT2D eigenvalue weighted by atomic mass is 9.82. The highest BCUT2D eigenvalue weighted by Crippen LogP contribution is 2.44. The lowest BCUT2D eigenvalue weighted by Crippen LogP contribution is -2.60. The van der Waals surface area contributed by atoms with Crippen LogP contribution in [-0.4, -0.2) is 87.6 Å². The van der Waals surface area contributed by atoms with Gasteiger partial charge in [0.1, 0.15) is 31.0 Å². The van der Waals surface area contributed by atoms with Gasteiger partial charge in [-0.05, 0) is 11.6 Å². The summed E-state index contributed by atoms with van der Waals surface area (Å²) in [6.45, 7) is -1.31. The molecule has 3 aromatic rings. The molecule has 0 amide bonds. The van der Waals surface area contributed by atoms with Gasteiger partial charge >= 0.3 is 0 Å². The standard InChI is InChI=1S/C29H28O10/c30-10-11-37-28-21-19(22(32)17-8-4-5-9-18(17)23(21)33)13-16(12-15-6-2-1-3-7-15)27(28)39-29-26(36)25(35)24(34)20(14-31)38-29/h1-9,13,20,24-26,29-31,34-36H,10-12,14H2/t20-,24-,25+,26-,29+/m0/s1. The van der Waals surface area contributed by atoms with Gasteiger partial charge in [-0.1, -0.05) is 54.6 Å². The molecule has 1 aliphatic carbocycles. The Morgan fingerprint density at radius 2 is 1.44 bits per heavy atom. The van der Waals surface area contributed by atoms with E-state index >= 15 is 0 Å². The van der Waals surface area contributed by atoms with Gasteiger partial charge in [0.15, 0.2) is 23.1 Å². The molecule has 0 unspecified atom stereocenters. The number of rotatable bonds is 8. The lowest BCUT2D eigenvalue weighted by Gasteiger charge is -2.40. The van der Waals surface area contributed by atoms with Crippen LogP contribution < -0.4 is 9.47 Å². The summed E-state index contributed by atoms with van der Waals surface area (Å²) in [4.78, 5) is 27.2. The van der Waals surface area contributed by atoms with E-state index in [4.69, 9.17) is 14.2 Å². The third-order valence-electron chi connectivity index (χ3n) is 6.86. The van der Waals surface area contributed by atoms with Crippen LogP contribution in [0.15, 0.2) is 60.7 Å². The van der Waals surface area contributed by atoms with E-state index in [-0.39, 0.29) is 52.6 Å². The fourth-order valence-electron chi connectivity index (χ4n) is 4.90. The number of aliphatic hydroxyl groups is 5. The van der Waals surface area contributed by atoms with Gasteiger partial charge in [0.05, 0.1) is 18.8 Å². The monoisotopic (exact) mass is 536 g/mol. The summed E-state index contributed by atoms with van der Waals surface area (Å²) in [5.41, 5.74) is 1.70. The Morgan fingerprint density at radius 3 is 2.10 bits per heavy atom. The van der Waals surface area contributed by atoms with E-state index in [0.717, 1.165) is 5.56 Å². The van der Waals surface area contributed by atoms with Gasteiger partial charge in [-0.15, -0.1) is 0 Å². The van der Waals surface area contributed by atoms with E-state index in [1.54, 1.807) is 18.2 Å². The van der Waals surface area contributed by atoms with Crippen LogP contribution in [0.3, 0.4) is 0 Å². The summed E-state index contributed by atoms with van der Waals surface area (Å²) >= 11 is 0. The van der Waals surface area contributed by atoms with E-state index in [0.29, 0.717) is 5.56 Å². The van der Waals surface area contributed by atoms with Crippen LogP contribution in [0.2, 0.25) is 0 Å². The van der Waals surface area contributed by atoms with Gasteiger partial charge in [-0.3, -0.25) is 9.59 Å². The van der Waals surface area contributed by atoms with Crippen molar-refractivity contribution < 1.29 is 49.3 Å². The highest BCUT2D eigenvalue weighted by Gasteiger charge is 2.46. The van der Waals surface area contributed by atoms with E-state index in [2.05, 4.69) is 0 Å². The molecule has 10 heteroatoms. The number of carbonyl (C=O) groups excluding carboxylic acids is 2. The molecular weight excluding hydrogens is 508 g/mol. The average molecular weight is 537 g/mol. The van der Waals surface area contributed by atoms with Crippen molar-refractivity contribution >= 4 is 11.6 Å². The number of hydrogen-bond acceptors (Lipinski definition) is 10. The normalized spacial score (nSPS) is 24.2. The molecule has 2 aliphatic rings. The SMILES string of the molecule is O=C1c2ccccc2C(=O)c2c1cc(Cc1ccccc1)c(O[C@H]1O[C@@H](CO)[C@H](O)[C@@H](O)[C@@H]1O)c2OCCO. The van der Waals surface area contributed by atoms with E-state index < -0.39 is 49.7 Å². The first-order valence-electron chi connectivity index (χ1n) is 12.5. The Hall–Kier alpha value is -3.64. The molecule has 204 valence electrons. The van der Waals surface area contributed by atoms with E-state index in [1.165, 1.54) is 12.1 Å². The molecule has 39 heavy (non-hydrogen) atoms. The number of fused-ring (bicyclic) bond motifs is 2. The maximum atomic E-state index is 13.7. The molecule has 0 bridgehead atoms. The molecular formula is C29H28O10. The highest BCUT2D eigenvalue weighted by molar-refractivity contribution is 6.29. The highest BCUT2D eigenvalue weighted by atomic mass is 16.7. The maximum Gasteiger partial charge on any atom is 0.229 e. The largest absolute Gasteiger partial charge is 0.486 e. The Kier molecular flexibility index (Phi) is 7.76. The quantitative estimate of drug-likeness (QED) is 0.216.